The first-order chi connectivity index (χ1) is 10.4. The standard InChI is InChI=1S/C16H18FN3O2/c1-10(21)13-6-5-12(17)7-14(13)19-8-15(22)20-16(2,9-18)11-3-4-11/h5-7,11,19H,3-4,8H2,1-2H3,(H,20,22)/t16-/m0/s1. The Morgan fingerprint density at radius 2 is 2.14 bits per heavy atom. The maximum atomic E-state index is 13.3. The van der Waals surface area contributed by atoms with Crippen molar-refractivity contribution >= 4 is 17.4 Å². The number of benzene rings is 1. The minimum absolute atomic E-state index is 0.131. The lowest BCUT2D eigenvalue weighted by atomic mass is 9.98. The first kappa shape index (κ1) is 16.0. The second kappa shape index (κ2) is 6.14. The van der Waals surface area contributed by atoms with Crippen LogP contribution in [0.3, 0.4) is 0 Å². The quantitative estimate of drug-likeness (QED) is 0.790. The van der Waals surface area contributed by atoms with Crippen LogP contribution in [-0.2, 0) is 4.79 Å². The molecule has 0 spiro atoms. The van der Waals surface area contributed by atoms with Crippen LogP contribution < -0.4 is 10.6 Å². The maximum Gasteiger partial charge on any atom is 0.240 e. The molecule has 1 aliphatic rings. The predicted octanol–water partition coefficient (Wildman–Crippen LogP) is 2.25. The average Bonchev–Trinajstić information content (AvgIpc) is 3.29. The smallest absolute Gasteiger partial charge is 0.240 e. The van der Waals surface area contributed by atoms with Crippen molar-refractivity contribution < 1.29 is 14.0 Å². The van der Waals surface area contributed by atoms with Gasteiger partial charge in [0.15, 0.2) is 5.78 Å². The summed E-state index contributed by atoms with van der Waals surface area (Å²) in [4.78, 5) is 23.5. The summed E-state index contributed by atoms with van der Waals surface area (Å²) in [5, 5.41) is 14.7. The van der Waals surface area contributed by atoms with Gasteiger partial charge in [-0.15, -0.1) is 0 Å². The summed E-state index contributed by atoms with van der Waals surface area (Å²) in [6.07, 6.45) is 1.85. The monoisotopic (exact) mass is 303 g/mol. The van der Waals surface area contributed by atoms with Crippen LogP contribution >= 0.6 is 0 Å². The number of hydrogen-bond donors (Lipinski definition) is 2. The van der Waals surface area contributed by atoms with Crippen LogP contribution in [0.15, 0.2) is 18.2 Å². The summed E-state index contributed by atoms with van der Waals surface area (Å²) >= 11 is 0. The van der Waals surface area contributed by atoms with Crippen molar-refractivity contribution in [2.45, 2.75) is 32.2 Å². The van der Waals surface area contributed by atoms with Crippen LogP contribution in [0.25, 0.3) is 0 Å². The Hall–Kier alpha value is -2.42. The van der Waals surface area contributed by atoms with E-state index in [1.807, 2.05) is 0 Å². The molecule has 1 amide bonds. The molecule has 0 radical (unpaired) electrons. The van der Waals surface area contributed by atoms with Gasteiger partial charge >= 0.3 is 0 Å². The van der Waals surface area contributed by atoms with Crippen LogP contribution in [-0.4, -0.2) is 23.8 Å². The minimum atomic E-state index is -0.871. The highest BCUT2D eigenvalue weighted by atomic mass is 19.1. The normalized spacial score (nSPS) is 16.3. The highest BCUT2D eigenvalue weighted by Gasteiger charge is 2.42. The van der Waals surface area contributed by atoms with Gasteiger partial charge in [-0.2, -0.15) is 5.26 Å². The molecule has 2 N–H and O–H groups in total. The van der Waals surface area contributed by atoms with Crippen LogP contribution in [0.4, 0.5) is 10.1 Å². The SMILES string of the molecule is CC(=O)c1ccc(F)cc1NCC(=O)N[C@@](C)(C#N)C1CC1. The summed E-state index contributed by atoms with van der Waals surface area (Å²) in [5.74, 6) is -0.895. The molecule has 0 bridgehead atoms. The predicted molar refractivity (Wildman–Crippen MR) is 79.8 cm³/mol. The van der Waals surface area contributed by atoms with E-state index in [-0.39, 0.29) is 29.8 Å². The molecule has 1 atom stereocenters. The van der Waals surface area contributed by atoms with Crippen molar-refractivity contribution in [3.05, 3.63) is 29.6 Å². The lowest BCUT2D eigenvalue weighted by molar-refractivity contribution is -0.120. The van der Waals surface area contributed by atoms with Crippen LogP contribution in [0, 0.1) is 23.1 Å². The molecule has 0 heterocycles. The maximum absolute atomic E-state index is 13.3. The highest BCUT2D eigenvalue weighted by Crippen LogP contribution is 2.39. The van der Waals surface area contributed by atoms with Crippen LogP contribution in [0.5, 0.6) is 0 Å². The summed E-state index contributed by atoms with van der Waals surface area (Å²) < 4.78 is 13.3. The van der Waals surface area contributed by atoms with E-state index < -0.39 is 11.4 Å². The van der Waals surface area contributed by atoms with Gasteiger partial charge in [-0.05, 0) is 50.8 Å². The van der Waals surface area contributed by atoms with Crippen LogP contribution in [0.2, 0.25) is 0 Å². The number of hydrogen-bond acceptors (Lipinski definition) is 4. The number of nitriles is 1. The second-order valence-corrected chi connectivity index (χ2v) is 5.74. The minimum Gasteiger partial charge on any atom is -0.375 e. The van der Waals surface area contributed by atoms with Gasteiger partial charge in [0.2, 0.25) is 5.91 Å². The van der Waals surface area contributed by atoms with E-state index in [9.17, 15) is 19.2 Å². The van der Waals surface area contributed by atoms with Crippen molar-refractivity contribution in [1.82, 2.24) is 5.32 Å². The molecule has 5 nitrogen and oxygen atoms in total. The Morgan fingerprint density at radius 3 is 2.68 bits per heavy atom. The Bertz CT molecular complexity index is 649. The third-order valence-corrected chi connectivity index (χ3v) is 3.83. The Morgan fingerprint density at radius 1 is 1.45 bits per heavy atom. The van der Waals surface area contributed by atoms with Gasteiger partial charge in [0.25, 0.3) is 0 Å². The highest BCUT2D eigenvalue weighted by molar-refractivity contribution is 6.00. The van der Waals surface area contributed by atoms with Crippen molar-refractivity contribution in [2.75, 3.05) is 11.9 Å². The molecule has 1 aromatic rings. The van der Waals surface area contributed by atoms with Crippen molar-refractivity contribution in [3.63, 3.8) is 0 Å². The Labute approximate surface area is 128 Å². The van der Waals surface area contributed by atoms with Gasteiger partial charge in [0, 0.05) is 11.3 Å². The zero-order chi connectivity index (χ0) is 16.3. The number of halogens is 1. The molecule has 1 saturated carbocycles. The fourth-order valence-corrected chi connectivity index (χ4v) is 2.36. The molecule has 22 heavy (non-hydrogen) atoms. The van der Waals surface area contributed by atoms with Gasteiger partial charge in [-0.25, -0.2) is 4.39 Å². The molecule has 2 rings (SSSR count). The summed E-state index contributed by atoms with van der Waals surface area (Å²) in [7, 11) is 0. The number of amides is 1. The van der Waals surface area contributed by atoms with Crippen molar-refractivity contribution in [3.8, 4) is 6.07 Å². The summed E-state index contributed by atoms with van der Waals surface area (Å²) in [6.45, 7) is 2.94. The van der Waals surface area contributed by atoms with E-state index >= 15 is 0 Å². The third-order valence-electron chi connectivity index (χ3n) is 3.83. The van der Waals surface area contributed by atoms with Gasteiger partial charge in [0.05, 0.1) is 12.6 Å². The van der Waals surface area contributed by atoms with Gasteiger partial charge < -0.3 is 10.6 Å². The molecule has 1 aliphatic carbocycles. The molecule has 0 aliphatic heterocycles. The third kappa shape index (κ3) is 3.61. The van der Waals surface area contributed by atoms with E-state index in [0.717, 1.165) is 12.8 Å². The average molecular weight is 303 g/mol. The molecular weight excluding hydrogens is 285 g/mol. The van der Waals surface area contributed by atoms with Crippen LogP contribution in [0.1, 0.15) is 37.0 Å². The van der Waals surface area contributed by atoms with Gasteiger partial charge in [0.1, 0.15) is 11.4 Å². The number of carbonyl (C=O) groups is 2. The largest absolute Gasteiger partial charge is 0.375 e. The number of Topliss-reactive ketones (excluding diaryl/α,β-unsaturated/α-hetero) is 1. The van der Waals surface area contributed by atoms with Crippen molar-refractivity contribution in [2.24, 2.45) is 5.92 Å². The Balaban J connectivity index is 2.01. The fourth-order valence-electron chi connectivity index (χ4n) is 2.36. The second-order valence-electron chi connectivity index (χ2n) is 5.74. The molecular formula is C16H18FN3O2. The molecule has 0 saturated heterocycles. The van der Waals surface area contributed by atoms with E-state index in [1.165, 1.54) is 25.1 Å². The first-order valence-electron chi connectivity index (χ1n) is 7.12. The zero-order valence-corrected chi connectivity index (χ0v) is 12.6. The van der Waals surface area contributed by atoms with Gasteiger partial charge in [-0.3, -0.25) is 9.59 Å². The number of nitrogens with one attached hydrogen (secondary N) is 2. The first-order valence-corrected chi connectivity index (χ1v) is 7.12. The molecule has 0 aromatic heterocycles. The van der Waals surface area contributed by atoms with Gasteiger partial charge in [-0.1, -0.05) is 0 Å². The van der Waals surface area contributed by atoms with E-state index in [4.69, 9.17) is 0 Å². The lowest BCUT2D eigenvalue weighted by Gasteiger charge is -2.23. The number of rotatable bonds is 6. The van der Waals surface area contributed by atoms with Crippen molar-refractivity contribution in [1.29, 1.82) is 5.26 Å². The number of carbonyl (C=O) groups excluding carboxylic acids is 2. The number of ketones is 1. The summed E-state index contributed by atoms with van der Waals surface area (Å²) in [5.41, 5.74) is -0.281. The molecule has 116 valence electrons. The zero-order valence-electron chi connectivity index (χ0n) is 12.6. The molecule has 1 fully saturated rings. The number of anilines is 1. The molecule has 0 unspecified atom stereocenters. The van der Waals surface area contributed by atoms with E-state index in [2.05, 4.69) is 16.7 Å². The lowest BCUT2D eigenvalue weighted by Crippen LogP contribution is -2.48. The Kier molecular flexibility index (Phi) is 4.45. The fraction of sp³-hybridized carbons (Fsp3) is 0.438. The topological polar surface area (TPSA) is 82.0 Å². The van der Waals surface area contributed by atoms with E-state index in [1.54, 1.807) is 6.92 Å². The molecule has 1 aromatic carbocycles. The number of nitrogens with zero attached hydrogens (tertiary/aromatic N) is 1. The summed E-state index contributed by atoms with van der Waals surface area (Å²) in [6, 6.07) is 5.88. The van der Waals surface area contributed by atoms with E-state index in [0.29, 0.717) is 5.56 Å². The molecule has 6 heteroatoms.